The highest BCUT2D eigenvalue weighted by Gasteiger charge is 2.03. The monoisotopic (exact) mass is 219 g/mol. The van der Waals surface area contributed by atoms with Crippen molar-refractivity contribution in [2.75, 3.05) is 6.61 Å². The quantitative estimate of drug-likeness (QED) is 0.748. The van der Waals surface area contributed by atoms with Gasteiger partial charge in [-0.2, -0.15) is 5.26 Å². The zero-order chi connectivity index (χ0) is 11.8. The third kappa shape index (κ3) is 3.92. The molecule has 0 spiro atoms. The van der Waals surface area contributed by atoms with Gasteiger partial charge in [-0.15, -0.1) is 0 Å². The van der Waals surface area contributed by atoms with Gasteiger partial charge in [0.2, 0.25) is 0 Å². The lowest BCUT2D eigenvalue weighted by atomic mass is 10.1. The van der Waals surface area contributed by atoms with E-state index in [2.05, 4.69) is 6.07 Å². The zero-order valence-corrected chi connectivity index (χ0v) is 9.52. The maximum atomic E-state index is 9.59. The minimum atomic E-state index is -0.396. The average molecular weight is 219 g/mol. The fourth-order valence-electron chi connectivity index (χ4n) is 1.36. The predicted octanol–water partition coefficient (Wildman–Crippen LogP) is 2.81. The molecule has 0 saturated carbocycles. The zero-order valence-electron chi connectivity index (χ0n) is 9.52. The molecule has 0 aliphatic carbocycles. The Hall–Kier alpha value is -1.53. The smallest absolute Gasteiger partial charge is 0.119 e. The highest BCUT2D eigenvalue weighted by Crippen LogP contribution is 2.19. The van der Waals surface area contributed by atoms with Crippen LogP contribution in [0.2, 0.25) is 0 Å². The maximum absolute atomic E-state index is 9.59. The summed E-state index contributed by atoms with van der Waals surface area (Å²) in [5, 5.41) is 17.9. The third-order valence-electron chi connectivity index (χ3n) is 2.35. The molecule has 86 valence electrons. The molecule has 0 bridgehead atoms. The van der Waals surface area contributed by atoms with E-state index in [0.29, 0.717) is 19.4 Å². The fraction of sp³-hybridized carbons (Fsp3) is 0.462. The first-order valence-electron chi connectivity index (χ1n) is 5.55. The number of nitriles is 1. The minimum Gasteiger partial charge on any atom is -0.494 e. The van der Waals surface area contributed by atoms with Crippen LogP contribution in [0.3, 0.4) is 0 Å². The Labute approximate surface area is 96.3 Å². The number of unbranched alkanes of at least 4 members (excludes halogenated alkanes) is 1. The number of aliphatic hydroxyl groups is 1. The van der Waals surface area contributed by atoms with Crippen LogP contribution in [0, 0.1) is 11.3 Å². The summed E-state index contributed by atoms with van der Waals surface area (Å²) in [5.41, 5.74) is 0.909. The third-order valence-corrected chi connectivity index (χ3v) is 2.35. The summed E-state index contributed by atoms with van der Waals surface area (Å²) in [5.74, 6) is 0.782. The van der Waals surface area contributed by atoms with E-state index in [1.165, 1.54) is 0 Å². The van der Waals surface area contributed by atoms with Crippen LogP contribution in [-0.4, -0.2) is 11.7 Å². The Bertz CT molecular complexity index is 340. The molecule has 0 aliphatic rings. The first kappa shape index (κ1) is 12.5. The second-order valence-electron chi connectivity index (χ2n) is 3.60. The Morgan fingerprint density at radius 1 is 1.38 bits per heavy atom. The van der Waals surface area contributed by atoms with E-state index in [-0.39, 0.29) is 0 Å². The lowest BCUT2D eigenvalue weighted by Crippen LogP contribution is -1.98. The van der Waals surface area contributed by atoms with Crippen molar-refractivity contribution in [2.24, 2.45) is 0 Å². The number of hydrogen-bond donors (Lipinski definition) is 1. The molecule has 0 fully saturated rings. The molecule has 0 radical (unpaired) electrons. The Balaban J connectivity index is 2.43. The van der Waals surface area contributed by atoms with Gasteiger partial charge in [0, 0.05) is 6.42 Å². The molecule has 1 aromatic carbocycles. The van der Waals surface area contributed by atoms with Crippen molar-refractivity contribution in [3.8, 4) is 11.8 Å². The molecule has 3 heteroatoms. The molecule has 0 amide bonds. The summed E-state index contributed by atoms with van der Waals surface area (Å²) >= 11 is 0. The van der Waals surface area contributed by atoms with Crippen molar-refractivity contribution in [3.63, 3.8) is 0 Å². The summed E-state index contributed by atoms with van der Waals surface area (Å²) < 4.78 is 5.44. The van der Waals surface area contributed by atoms with Crippen LogP contribution in [0.5, 0.6) is 5.75 Å². The van der Waals surface area contributed by atoms with Crippen LogP contribution in [0.4, 0.5) is 0 Å². The van der Waals surface area contributed by atoms with E-state index in [0.717, 1.165) is 17.7 Å². The van der Waals surface area contributed by atoms with Gasteiger partial charge < -0.3 is 9.84 Å². The van der Waals surface area contributed by atoms with Crippen molar-refractivity contribution >= 4 is 0 Å². The van der Waals surface area contributed by atoms with Crippen molar-refractivity contribution in [1.82, 2.24) is 0 Å². The Morgan fingerprint density at radius 2 is 2.06 bits per heavy atom. The molecule has 0 aromatic heterocycles. The van der Waals surface area contributed by atoms with Crippen LogP contribution in [0.1, 0.15) is 37.9 Å². The van der Waals surface area contributed by atoms with Gasteiger partial charge in [-0.25, -0.2) is 0 Å². The molecule has 0 aliphatic heterocycles. The molecule has 0 saturated heterocycles. The molecule has 3 nitrogen and oxygen atoms in total. The topological polar surface area (TPSA) is 53.2 Å². The minimum absolute atomic E-state index is 0.396. The largest absolute Gasteiger partial charge is 0.494 e. The molecular weight excluding hydrogens is 202 g/mol. The van der Waals surface area contributed by atoms with E-state index >= 15 is 0 Å². The number of hydrogen-bond acceptors (Lipinski definition) is 3. The first-order chi connectivity index (χ1) is 7.77. The molecule has 16 heavy (non-hydrogen) atoms. The number of benzene rings is 1. The Morgan fingerprint density at radius 3 is 2.62 bits per heavy atom. The van der Waals surface area contributed by atoms with Gasteiger partial charge >= 0.3 is 0 Å². The molecule has 0 heterocycles. The van der Waals surface area contributed by atoms with E-state index in [1.807, 2.05) is 31.2 Å². The Kier molecular flexibility index (Phi) is 5.38. The van der Waals surface area contributed by atoms with E-state index in [9.17, 15) is 5.11 Å². The van der Waals surface area contributed by atoms with Crippen LogP contribution in [0.25, 0.3) is 0 Å². The summed E-state index contributed by atoms with van der Waals surface area (Å²) in [6.45, 7) is 2.50. The second kappa shape index (κ2) is 6.86. The average Bonchev–Trinajstić information content (AvgIpc) is 2.34. The van der Waals surface area contributed by atoms with Gasteiger partial charge in [-0.3, -0.25) is 0 Å². The second-order valence-corrected chi connectivity index (χ2v) is 3.60. The number of nitrogens with zero attached hydrogens (tertiary/aromatic N) is 1. The first-order valence-corrected chi connectivity index (χ1v) is 5.55. The van der Waals surface area contributed by atoms with Crippen LogP contribution in [-0.2, 0) is 0 Å². The van der Waals surface area contributed by atoms with Crippen LogP contribution in [0.15, 0.2) is 24.3 Å². The van der Waals surface area contributed by atoms with Crippen molar-refractivity contribution in [3.05, 3.63) is 29.8 Å². The molecular formula is C13H17NO2. The van der Waals surface area contributed by atoms with Crippen molar-refractivity contribution in [1.29, 1.82) is 5.26 Å². The normalized spacial score (nSPS) is 11.8. The number of aliphatic hydroxyl groups excluding tert-OH is 1. The van der Waals surface area contributed by atoms with Gasteiger partial charge in [0.15, 0.2) is 0 Å². The predicted molar refractivity (Wildman–Crippen MR) is 62.0 cm³/mol. The summed E-state index contributed by atoms with van der Waals surface area (Å²) in [6.07, 6.45) is 1.58. The van der Waals surface area contributed by atoms with Gasteiger partial charge in [0.25, 0.3) is 0 Å². The summed E-state index contributed by atoms with van der Waals surface area (Å²) in [4.78, 5) is 0. The van der Waals surface area contributed by atoms with Gasteiger partial charge in [-0.05, 0) is 30.5 Å². The summed E-state index contributed by atoms with van der Waals surface area (Å²) in [7, 11) is 0. The van der Waals surface area contributed by atoms with Gasteiger partial charge in [-0.1, -0.05) is 19.1 Å². The molecule has 0 unspecified atom stereocenters. The molecule has 1 atom stereocenters. The molecule has 1 N–H and O–H groups in total. The fourth-order valence-corrected chi connectivity index (χ4v) is 1.36. The van der Waals surface area contributed by atoms with E-state index in [4.69, 9.17) is 10.00 Å². The van der Waals surface area contributed by atoms with Gasteiger partial charge in [0.1, 0.15) is 5.75 Å². The number of ether oxygens (including phenoxy) is 1. The highest BCUT2D eigenvalue weighted by atomic mass is 16.5. The molecule has 1 aromatic rings. The van der Waals surface area contributed by atoms with Crippen molar-refractivity contribution < 1.29 is 9.84 Å². The van der Waals surface area contributed by atoms with Crippen LogP contribution >= 0.6 is 0 Å². The maximum Gasteiger partial charge on any atom is 0.119 e. The van der Waals surface area contributed by atoms with Gasteiger partial charge in [0.05, 0.1) is 18.8 Å². The lowest BCUT2D eigenvalue weighted by molar-refractivity contribution is 0.173. The number of rotatable bonds is 6. The molecule has 1 rings (SSSR count). The highest BCUT2D eigenvalue weighted by molar-refractivity contribution is 5.28. The lowest BCUT2D eigenvalue weighted by Gasteiger charge is -2.09. The van der Waals surface area contributed by atoms with Crippen molar-refractivity contribution in [2.45, 2.75) is 32.3 Å². The summed E-state index contributed by atoms with van der Waals surface area (Å²) in [6, 6.07) is 9.51. The van der Waals surface area contributed by atoms with E-state index < -0.39 is 6.10 Å². The van der Waals surface area contributed by atoms with Crippen LogP contribution < -0.4 is 4.74 Å². The van der Waals surface area contributed by atoms with E-state index in [1.54, 1.807) is 0 Å². The SMILES string of the molecule is CC[C@@H](O)c1ccc(OCCCC#N)cc1. The standard InChI is InChI=1S/C13H17NO2/c1-2-13(15)11-5-7-12(8-6-11)16-10-4-3-9-14/h5-8,13,15H,2-4,10H2,1H3/t13-/m1/s1.